The van der Waals surface area contributed by atoms with Gasteiger partial charge in [-0.2, -0.15) is 0 Å². The molecular weight excluding hydrogens is 256 g/mol. The zero-order valence-electron chi connectivity index (χ0n) is 12.4. The quantitative estimate of drug-likeness (QED) is 0.568. The Morgan fingerprint density at radius 3 is 2.30 bits per heavy atom. The fraction of sp³-hybridized carbons (Fsp3) is 0.533. The SMILES string of the molecule is CCCN(CCC)C(=O)Cc1ccc([N+](=O)[O-])c(C)c1. The molecule has 0 aliphatic heterocycles. The number of hydrogen-bond acceptors (Lipinski definition) is 3. The number of aryl methyl sites for hydroxylation is 1. The summed E-state index contributed by atoms with van der Waals surface area (Å²) >= 11 is 0. The van der Waals surface area contributed by atoms with Crippen molar-refractivity contribution in [3.05, 3.63) is 39.4 Å². The zero-order chi connectivity index (χ0) is 15.1. The number of nitro benzene ring substituents is 1. The van der Waals surface area contributed by atoms with Crippen molar-refractivity contribution in [3.8, 4) is 0 Å². The number of carbonyl (C=O) groups excluding carboxylic acids is 1. The van der Waals surface area contributed by atoms with Gasteiger partial charge in [-0.3, -0.25) is 14.9 Å². The second-order valence-electron chi connectivity index (χ2n) is 4.94. The third-order valence-corrected chi connectivity index (χ3v) is 3.15. The van der Waals surface area contributed by atoms with Gasteiger partial charge in [-0.15, -0.1) is 0 Å². The van der Waals surface area contributed by atoms with E-state index in [1.807, 2.05) is 18.7 Å². The van der Waals surface area contributed by atoms with Gasteiger partial charge in [0.15, 0.2) is 0 Å². The smallest absolute Gasteiger partial charge is 0.272 e. The summed E-state index contributed by atoms with van der Waals surface area (Å²) in [7, 11) is 0. The molecule has 0 aliphatic rings. The summed E-state index contributed by atoms with van der Waals surface area (Å²) in [5.41, 5.74) is 1.52. The first-order valence-electron chi connectivity index (χ1n) is 7.01. The van der Waals surface area contributed by atoms with Crippen LogP contribution in [0.5, 0.6) is 0 Å². The average Bonchev–Trinajstić information content (AvgIpc) is 2.38. The fourth-order valence-corrected chi connectivity index (χ4v) is 2.22. The minimum Gasteiger partial charge on any atom is -0.342 e. The lowest BCUT2D eigenvalue weighted by molar-refractivity contribution is -0.385. The van der Waals surface area contributed by atoms with Crippen LogP contribution in [0.1, 0.15) is 37.8 Å². The fourth-order valence-electron chi connectivity index (χ4n) is 2.22. The lowest BCUT2D eigenvalue weighted by Gasteiger charge is -2.21. The molecule has 0 aromatic heterocycles. The van der Waals surface area contributed by atoms with Crippen LogP contribution >= 0.6 is 0 Å². The van der Waals surface area contributed by atoms with Crippen molar-refractivity contribution in [1.82, 2.24) is 4.90 Å². The molecule has 5 heteroatoms. The largest absolute Gasteiger partial charge is 0.342 e. The minimum absolute atomic E-state index is 0.0851. The Labute approximate surface area is 119 Å². The third kappa shape index (κ3) is 4.33. The highest BCUT2D eigenvalue weighted by Crippen LogP contribution is 2.19. The number of amides is 1. The number of nitrogens with zero attached hydrogens (tertiary/aromatic N) is 2. The number of carbonyl (C=O) groups is 1. The maximum atomic E-state index is 12.2. The van der Waals surface area contributed by atoms with Crippen LogP contribution in [0.15, 0.2) is 18.2 Å². The van der Waals surface area contributed by atoms with Gasteiger partial charge in [-0.05, 0) is 31.4 Å². The van der Waals surface area contributed by atoms with Crippen molar-refractivity contribution in [3.63, 3.8) is 0 Å². The molecule has 0 fully saturated rings. The summed E-state index contributed by atoms with van der Waals surface area (Å²) in [4.78, 5) is 24.4. The van der Waals surface area contributed by atoms with Crippen molar-refractivity contribution >= 4 is 11.6 Å². The van der Waals surface area contributed by atoms with Crippen molar-refractivity contribution < 1.29 is 9.72 Å². The van der Waals surface area contributed by atoms with Gasteiger partial charge in [0, 0.05) is 24.7 Å². The van der Waals surface area contributed by atoms with Gasteiger partial charge in [-0.25, -0.2) is 0 Å². The lowest BCUT2D eigenvalue weighted by Crippen LogP contribution is -2.33. The molecule has 0 bridgehead atoms. The number of rotatable bonds is 7. The Hall–Kier alpha value is -1.91. The molecule has 20 heavy (non-hydrogen) atoms. The van der Waals surface area contributed by atoms with Crippen molar-refractivity contribution in [2.45, 2.75) is 40.0 Å². The number of hydrogen-bond donors (Lipinski definition) is 0. The molecule has 110 valence electrons. The van der Waals surface area contributed by atoms with Crippen LogP contribution in [0.2, 0.25) is 0 Å². The van der Waals surface area contributed by atoms with Gasteiger partial charge in [0.05, 0.1) is 11.3 Å². The van der Waals surface area contributed by atoms with Crippen LogP contribution < -0.4 is 0 Å². The molecule has 0 saturated heterocycles. The van der Waals surface area contributed by atoms with Crippen LogP contribution in [-0.4, -0.2) is 28.8 Å². The average molecular weight is 278 g/mol. The van der Waals surface area contributed by atoms with Crippen molar-refractivity contribution in [1.29, 1.82) is 0 Å². The molecule has 0 heterocycles. The summed E-state index contributed by atoms with van der Waals surface area (Å²) in [5.74, 6) is 0.0851. The van der Waals surface area contributed by atoms with Gasteiger partial charge in [0.2, 0.25) is 5.91 Å². The standard InChI is InChI=1S/C15H22N2O3/c1-4-8-16(9-5-2)15(18)11-13-6-7-14(17(19)20)12(3)10-13/h6-7,10H,4-5,8-9,11H2,1-3H3. The molecule has 0 saturated carbocycles. The Balaban J connectivity index is 2.79. The Morgan fingerprint density at radius 2 is 1.85 bits per heavy atom. The number of nitro groups is 1. The van der Waals surface area contributed by atoms with Crippen LogP contribution in [0, 0.1) is 17.0 Å². The van der Waals surface area contributed by atoms with Crippen LogP contribution in [0.4, 0.5) is 5.69 Å². The topological polar surface area (TPSA) is 63.5 Å². The van der Waals surface area contributed by atoms with E-state index in [1.165, 1.54) is 6.07 Å². The molecule has 1 amide bonds. The highest BCUT2D eigenvalue weighted by Gasteiger charge is 2.15. The second-order valence-corrected chi connectivity index (χ2v) is 4.94. The molecule has 0 unspecified atom stereocenters. The van der Waals surface area contributed by atoms with E-state index in [0.29, 0.717) is 12.0 Å². The molecule has 0 spiro atoms. The molecule has 0 radical (unpaired) electrons. The Morgan fingerprint density at radius 1 is 1.25 bits per heavy atom. The summed E-state index contributed by atoms with van der Waals surface area (Å²) in [6, 6.07) is 4.87. The zero-order valence-corrected chi connectivity index (χ0v) is 12.4. The Kier molecular flexibility index (Phi) is 6.15. The first-order chi connectivity index (χ1) is 9.49. The van der Waals surface area contributed by atoms with E-state index < -0.39 is 4.92 Å². The van der Waals surface area contributed by atoms with Crippen LogP contribution in [-0.2, 0) is 11.2 Å². The van der Waals surface area contributed by atoms with E-state index in [9.17, 15) is 14.9 Å². The summed E-state index contributed by atoms with van der Waals surface area (Å²) < 4.78 is 0. The third-order valence-electron chi connectivity index (χ3n) is 3.15. The van der Waals surface area contributed by atoms with E-state index in [2.05, 4.69) is 0 Å². The van der Waals surface area contributed by atoms with Crippen molar-refractivity contribution in [2.24, 2.45) is 0 Å². The normalized spacial score (nSPS) is 10.3. The molecule has 0 N–H and O–H groups in total. The number of benzene rings is 1. The summed E-state index contributed by atoms with van der Waals surface area (Å²) in [6.45, 7) is 7.32. The van der Waals surface area contributed by atoms with E-state index >= 15 is 0 Å². The molecule has 5 nitrogen and oxygen atoms in total. The van der Waals surface area contributed by atoms with Crippen LogP contribution in [0.3, 0.4) is 0 Å². The molecule has 1 aromatic rings. The monoisotopic (exact) mass is 278 g/mol. The van der Waals surface area contributed by atoms with E-state index in [-0.39, 0.29) is 11.6 Å². The maximum Gasteiger partial charge on any atom is 0.272 e. The second kappa shape index (κ2) is 7.62. The van der Waals surface area contributed by atoms with Gasteiger partial charge in [-0.1, -0.05) is 19.9 Å². The molecule has 0 atom stereocenters. The maximum absolute atomic E-state index is 12.2. The minimum atomic E-state index is -0.401. The predicted octanol–water partition coefficient (Wildman–Crippen LogP) is 3.09. The summed E-state index contributed by atoms with van der Waals surface area (Å²) in [6.07, 6.45) is 2.18. The van der Waals surface area contributed by atoms with E-state index in [1.54, 1.807) is 19.1 Å². The first kappa shape index (κ1) is 16.1. The molecule has 1 rings (SSSR count). The van der Waals surface area contributed by atoms with Crippen molar-refractivity contribution in [2.75, 3.05) is 13.1 Å². The molecular formula is C15H22N2O3. The molecule has 0 aliphatic carbocycles. The lowest BCUT2D eigenvalue weighted by atomic mass is 10.1. The molecule has 1 aromatic carbocycles. The Bertz CT molecular complexity index is 480. The van der Waals surface area contributed by atoms with Gasteiger partial charge >= 0.3 is 0 Å². The predicted molar refractivity (Wildman–Crippen MR) is 78.7 cm³/mol. The van der Waals surface area contributed by atoms with E-state index in [4.69, 9.17) is 0 Å². The van der Waals surface area contributed by atoms with Gasteiger partial charge in [0.25, 0.3) is 5.69 Å². The van der Waals surface area contributed by atoms with Gasteiger partial charge < -0.3 is 4.90 Å². The first-order valence-corrected chi connectivity index (χ1v) is 7.01. The highest BCUT2D eigenvalue weighted by atomic mass is 16.6. The highest BCUT2D eigenvalue weighted by molar-refractivity contribution is 5.79. The van der Waals surface area contributed by atoms with Gasteiger partial charge in [0.1, 0.15) is 0 Å². The summed E-state index contributed by atoms with van der Waals surface area (Å²) in [5, 5.41) is 10.8. The van der Waals surface area contributed by atoms with Crippen LogP contribution in [0.25, 0.3) is 0 Å². The van der Waals surface area contributed by atoms with E-state index in [0.717, 1.165) is 31.5 Å².